The van der Waals surface area contributed by atoms with Crippen LogP contribution in [0.4, 0.5) is 0 Å². The molecule has 176 valence electrons. The van der Waals surface area contributed by atoms with Crippen LogP contribution in [-0.4, -0.2) is 37.7 Å². The monoisotopic (exact) mass is 443 g/mol. The molecular weight excluding hydrogens is 406 g/mol. The summed E-state index contributed by atoms with van der Waals surface area (Å²) in [5.74, 6) is -0.0780. The number of ketones is 1. The molecule has 0 amide bonds. The summed E-state index contributed by atoms with van der Waals surface area (Å²) in [6.07, 6.45) is 4.22. The zero-order valence-electron chi connectivity index (χ0n) is 19.6. The van der Waals surface area contributed by atoms with Gasteiger partial charge in [-0.2, -0.15) is 0 Å². The Balaban J connectivity index is 1.92. The van der Waals surface area contributed by atoms with Gasteiger partial charge in [0.05, 0.1) is 18.8 Å². The van der Waals surface area contributed by atoms with Gasteiger partial charge in [0.1, 0.15) is 13.2 Å². The summed E-state index contributed by atoms with van der Waals surface area (Å²) in [6, 6.07) is 16.6. The van der Waals surface area contributed by atoms with E-state index < -0.39 is 5.54 Å². The number of carbonyl (C=O) groups excluding carboxylic acids is 1. The van der Waals surface area contributed by atoms with Crippen molar-refractivity contribution in [2.75, 3.05) is 26.4 Å². The van der Waals surface area contributed by atoms with Gasteiger partial charge < -0.3 is 5.73 Å². The van der Waals surface area contributed by atoms with E-state index in [2.05, 4.69) is 31.2 Å². The molecule has 0 spiro atoms. The maximum absolute atomic E-state index is 12.8. The molecule has 0 unspecified atom stereocenters. The van der Waals surface area contributed by atoms with Crippen molar-refractivity contribution in [3.8, 4) is 0 Å². The van der Waals surface area contributed by atoms with Crippen LogP contribution in [0.2, 0.25) is 0 Å². The first kappa shape index (κ1) is 26.2. The van der Waals surface area contributed by atoms with E-state index in [0.717, 1.165) is 25.7 Å². The van der Waals surface area contributed by atoms with Crippen LogP contribution in [0.3, 0.4) is 0 Å². The first-order valence-corrected chi connectivity index (χ1v) is 11.5. The summed E-state index contributed by atoms with van der Waals surface area (Å²) in [7, 11) is 0. The highest BCUT2D eigenvalue weighted by atomic mass is 17.2. The molecule has 0 fully saturated rings. The average Bonchev–Trinajstić information content (AvgIpc) is 2.79. The first-order valence-electron chi connectivity index (χ1n) is 11.5. The Bertz CT molecular complexity index is 779. The largest absolute Gasteiger partial charge is 0.321 e. The highest BCUT2D eigenvalue weighted by Crippen LogP contribution is 2.17. The summed E-state index contributed by atoms with van der Waals surface area (Å²) in [4.78, 5) is 32.9. The maximum atomic E-state index is 12.8. The van der Waals surface area contributed by atoms with Gasteiger partial charge in [-0.3, -0.25) is 4.79 Å². The summed E-state index contributed by atoms with van der Waals surface area (Å²) in [5.41, 5.74) is 9.81. The fraction of sp³-hybridized carbons (Fsp3) is 0.500. The lowest BCUT2D eigenvalue weighted by Gasteiger charge is -2.27. The number of rotatable bonds is 16. The Morgan fingerprint density at radius 3 is 1.59 bits per heavy atom. The Labute approximate surface area is 191 Å². The van der Waals surface area contributed by atoms with Gasteiger partial charge in [0.15, 0.2) is 5.78 Å². The van der Waals surface area contributed by atoms with Gasteiger partial charge in [0.2, 0.25) is 0 Å². The molecule has 2 rings (SSSR count). The highest BCUT2D eigenvalue weighted by Gasteiger charge is 2.31. The second-order valence-electron chi connectivity index (χ2n) is 8.06. The lowest BCUT2D eigenvalue weighted by molar-refractivity contribution is -0.326. The van der Waals surface area contributed by atoms with Gasteiger partial charge in [-0.15, -0.1) is 0 Å². The van der Waals surface area contributed by atoms with Crippen molar-refractivity contribution in [3.63, 3.8) is 0 Å². The summed E-state index contributed by atoms with van der Waals surface area (Å²) in [5, 5.41) is 0. The SMILES string of the molecule is CCCc1ccc(CCc2ccc(C(=O)CC(N)(COOCC)COOCC)cc2)cc1. The molecular formula is C26H37NO5. The Morgan fingerprint density at radius 2 is 1.16 bits per heavy atom. The molecule has 0 aliphatic carbocycles. The van der Waals surface area contributed by atoms with Gasteiger partial charge in [-0.25, -0.2) is 19.6 Å². The van der Waals surface area contributed by atoms with E-state index >= 15 is 0 Å². The van der Waals surface area contributed by atoms with Crippen LogP contribution in [-0.2, 0) is 38.8 Å². The molecule has 2 N–H and O–H groups in total. The number of benzene rings is 2. The van der Waals surface area contributed by atoms with Crippen molar-refractivity contribution in [1.82, 2.24) is 0 Å². The molecule has 0 heterocycles. The van der Waals surface area contributed by atoms with Gasteiger partial charge >= 0.3 is 0 Å². The molecule has 0 radical (unpaired) electrons. The zero-order valence-corrected chi connectivity index (χ0v) is 19.6. The fourth-order valence-electron chi connectivity index (χ4n) is 3.36. The van der Waals surface area contributed by atoms with Gasteiger partial charge in [-0.1, -0.05) is 61.9 Å². The molecule has 0 aromatic heterocycles. The Hall–Kier alpha value is -2.09. The Morgan fingerprint density at radius 1 is 0.719 bits per heavy atom. The van der Waals surface area contributed by atoms with Crippen LogP contribution >= 0.6 is 0 Å². The molecule has 0 aliphatic rings. The third kappa shape index (κ3) is 9.18. The molecule has 0 saturated carbocycles. The molecule has 6 nitrogen and oxygen atoms in total. The summed E-state index contributed by atoms with van der Waals surface area (Å²) < 4.78 is 0. The van der Waals surface area contributed by atoms with Crippen molar-refractivity contribution < 1.29 is 24.3 Å². The maximum Gasteiger partial charge on any atom is 0.164 e. The molecule has 6 heteroatoms. The smallest absolute Gasteiger partial charge is 0.164 e. The molecule has 0 bridgehead atoms. The van der Waals surface area contributed by atoms with Gasteiger partial charge in [-0.05, 0) is 49.8 Å². The van der Waals surface area contributed by atoms with E-state index in [1.54, 1.807) is 0 Å². The van der Waals surface area contributed by atoms with Crippen molar-refractivity contribution >= 4 is 5.78 Å². The van der Waals surface area contributed by atoms with Gasteiger partial charge in [0.25, 0.3) is 0 Å². The summed E-state index contributed by atoms with van der Waals surface area (Å²) >= 11 is 0. The standard InChI is InChI=1S/C26H37NO5/c1-4-7-21-8-10-22(11-9-21)12-13-23-14-16-24(17-15-23)25(28)18-26(27,19-31-29-5-2)20-32-30-6-3/h8-11,14-17H,4-7,12-13,18-20,27H2,1-3H3. The lowest BCUT2D eigenvalue weighted by Crippen LogP contribution is -2.50. The van der Waals surface area contributed by atoms with E-state index in [-0.39, 0.29) is 25.4 Å². The zero-order chi connectivity index (χ0) is 23.2. The van der Waals surface area contributed by atoms with Crippen molar-refractivity contribution in [2.45, 2.75) is 58.4 Å². The highest BCUT2D eigenvalue weighted by molar-refractivity contribution is 5.96. The quantitative estimate of drug-likeness (QED) is 0.176. The molecule has 2 aromatic carbocycles. The second-order valence-corrected chi connectivity index (χ2v) is 8.06. The van der Waals surface area contributed by atoms with Gasteiger partial charge in [0, 0.05) is 12.0 Å². The van der Waals surface area contributed by atoms with Crippen molar-refractivity contribution in [2.24, 2.45) is 5.73 Å². The minimum atomic E-state index is -1.05. The molecule has 0 saturated heterocycles. The molecule has 0 aliphatic heterocycles. The third-order valence-electron chi connectivity index (χ3n) is 5.15. The number of hydrogen-bond acceptors (Lipinski definition) is 6. The van der Waals surface area contributed by atoms with E-state index in [9.17, 15) is 4.79 Å². The van der Waals surface area contributed by atoms with E-state index in [1.165, 1.54) is 16.7 Å². The van der Waals surface area contributed by atoms with Crippen LogP contribution < -0.4 is 5.73 Å². The van der Waals surface area contributed by atoms with Crippen molar-refractivity contribution in [1.29, 1.82) is 0 Å². The molecule has 2 aromatic rings. The average molecular weight is 444 g/mol. The normalized spacial score (nSPS) is 11.6. The Kier molecular flexibility index (Phi) is 11.6. The topological polar surface area (TPSA) is 80.0 Å². The minimum Gasteiger partial charge on any atom is -0.321 e. The number of nitrogens with two attached hydrogens (primary N) is 1. The predicted octanol–water partition coefficient (Wildman–Crippen LogP) is 4.63. The van der Waals surface area contributed by atoms with Crippen molar-refractivity contribution in [3.05, 3.63) is 70.8 Å². The van der Waals surface area contributed by atoms with Crippen LogP contribution in [0.15, 0.2) is 48.5 Å². The molecule has 0 atom stereocenters. The first-order chi connectivity index (χ1) is 15.5. The summed E-state index contributed by atoms with van der Waals surface area (Å²) in [6.45, 7) is 6.64. The molecule has 32 heavy (non-hydrogen) atoms. The number of aryl methyl sites for hydroxylation is 3. The lowest BCUT2D eigenvalue weighted by atomic mass is 9.92. The van der Waals surface area contributed by atoms with E-state index in [0.29, 0.717) is 18.8 Å². The second kappa shape index (κ2) is 14.1. The van der Waals surface area contributed by atoms with E-state index in [4.69, 9.17) is 25.3 Å². The van der Waals surface area contributed by atoms with E-state index in [1.807, 2.05) is 38.1 Å². The number of carbonyl (C=O) groups is 1. The third-order valence-corrected chi connectivity index (χ3v) is 5.15. The minimum absolute atomic E-state index is 0.0226. The van der Waals surface area contributed by atoms with Crippen LogP contribution in [0.5, 0.6) is 0 Å². The fourth-order valence-corrected chi connectivity index (χ4v) is 3.36. The van der Waals surface area contributed by atoms with Crippen LogP contribution in [0.1, 0.15) is 60.7 Å². The van der Waals surface area contributed by atoms with Crippen LogP contribution in [0.25, 0.3) is 0 Å². The van der Waals surface area contributed by atoms with Crippen LogP contribution in [0, 0.1) is 0 Å². The number of Topliss-reactive ketones (excluding diaryl/α,β-unsaturated/α-hetero) is 1. The predicted molar refractivity (Wildman–Crippen MR) is 125 cm³/mol. The number of hydrogen-bond donors (Lipinski definition) is 1.